The van der Waals surface area contributed by atoms with Crippen molar-refractivity contribution in [3.8, 4) is 0 Å². The van der Waals surface area contributed by atoms with E-state index < -0.39 is 79.6 Å². The zero-order valence-electron chi connectivity index (χ0n) is 35.5. The van der Waals surface area contributed by atoms with E-state index >= 15 is 0 Å². The molecular formula is C40H69N3O13. The van der Waals surface area contributed by atoms with E-state index in [2.05, 4.69) is 51.6 Å². The van der Waals surface area contributed by atoms with Crippen LogP contribution in [0, 0.1) is 41.4 Å². The number of nitrogens with zero attached hydrogens (tertiary/aromatic N) is 3. The number of carbonyl (C=O) groups excluding carboxylic acids is 2. The first-order valence-electron chi connectivity index (χ1n) is 20.8. The van der Waals surface area contributed by atoms with Crippen molar-refractivity contribution in [2.75, 3.05) is 19.8 Å². The summed E-state index contributed by atoms with van der Waals surface area (Å²) in [4.78, 5) is 27.8. The molecule has 4 rings (SSSR count). The largest absolute Gasteiger partial charge is 0.457 e. The fraction of sp³-hybridized carbons (Fsp3) is 0.950. The van der Waals surface area contributed by atoms with Crippen LogP contribution in [0.3, 0.4) is 0 Å². The molecule has 322 valence electrons. The van der Waals surface area contributed by atoms with E-state index in [0.29, 0.717) is 12.8 Å². The third-order valence-corrected chi connectivity index (χ3v) is 12.8. The number of aliphatic hydroxyl groups is 1. The molecule has 4 aliphatic rings. The number of esters is 2. The van der Waals surface area contributed by atoms with Gasteiger partial charge in [-0.3, -0.25) is 9.59 Å². The van der Waals surface area contributed by atoms with E-state index in [-0.39, 0.29) is 73.6 Å². The summed E-state index contributed by atoms with van der Waals surface area (Å²) in [7, 11) is 0. The van der Waals surface area contributed by atoms with Crippen LogP contribution in [0.4, 0.5) is 0 Å². The van der Waals surface area contributed by atoms with Crippen molar-refractivity contribution < 1.29 is 62.1 Å². The molecule has 20 atom stereocenters. The maximum absolute atomic E-state index is 12.7. The predicted molar refractivity (Wildman–Crippen MR) is 202 cm³/mol. The van der Waals surface area contributed by atoms with Crippen molar-refractivity contribution in [1.29, 1.82) is 0 Å². The number of hydrogen-bond acceptors (Lipinski definition) is 14. The Bertz CT molecular complexity index is 1300. The summed E-state index contributed by atoms with van der Waals surface area (Å²) in [5.74, 6) is -1.64. The first-order valence-corrected chi connectivity index (χ1v) is 20.8. The van der Waals surface area contributed by atoms with Crippen LogP contribution >= 0.6 is 0 Å². The lowest BCUT2D eigenvalue weighted by atomic mass is 9.81. The molecule has 0 saturated carbocycles. The Morgan fingerprint density at radius 1 is 0.571 bits per heavy atom. The third kappa shape index (κ3) is 10.7. The summed E-state index contributed by atoms with van der Waals surface area (Å²) in [5, 5.41) is 14.1. The molecule has 16 heteroatoms. The molecule has 8 unspecified atom stereocenters. The molecule has 0 aromatic carbocycles. The molecule has 0 aromatic heterocycles. The lowest BCUT2D eigenvalue weighted by molar-refractivity contribution is -0.370. The standard InChI is InChI=1S/C40H69N3O13/c1-13-28-19(4)20(5)35(48-26(11)45)39(50-28)56-34-25(10)31(18-44)53-40(36(34)49-27(12)46)55-33-22(7)24(9)38(52-30(33)15-3)54-32-21(6)23(8)37(51-29(32)14-2)47-17-16-42-43-41/h19-25,28-40,44H,13-18H2,1-12H3/t19-,20?,21+,22-,23?,24?,25+,28-,29?,30?,31?,32-,33-,34-,35?,36?,37+,38-,39+,40-/m0/s1. The summed E-state index contributed by atoms with van der Waals surface area (Å²) in [5.41, 5.74) is 8.62. The SMILES string of the molecule is CCC1O[C@@H](OCCN=[N+]=[N-])C(C)[C@@H](C)[C@@H]1O[C@@H]1OC(CC)[C@@H](O[C@@H]2OC(CO)[C@@H](C)[C@H](O[C@H]3O[C@@H](CC)[C@@H](C)C(C)C3OC(C)=O)C2OC(C)=O)[C@@H](C)C1C. The monoisotopic (exact) mass is 799 g/mol. The second-order valence-corrected chi connectivity index (χ2v) is 16.4. The molecule has 0 aliphatic carbocycles. The summed E-state index contributed by atoms with van der Waals surface area (Å²) in [6, 6.07) is 0. The van der Waals surface area contributed by atoms with Crippen molar-refractivity contribution in [2.24, 2.45) is 46.5 Å². The van der Waals surface area contributed by atoms with Crippen LogP contribution in [-0.2, 0) is 57.0 Å². The number of ether oxygens (including phenoxy) is 10. The zero-order chi connectivity index (χ0) is 41.4. The highest BCUT2D eigenvalue weighted by Crippen LogP contribution is 2.43. The Morgan fingerprint density at radius 3 is 1.55 bits per heavy atom. The average molecular weight is 800 g/mol. The minimum atomic E-state index is -1.13. The fourth-order valence-electron chi connectivity index (χ4n) is 8.73. The molecule has 4 saturated heterocycles. The number of aliphatic hydroxyl groups excluding tert-OH is 1. The van der Waals surface area contributed by atoms with Crippen molar-refractivity contribution >= 4 is 11.9 Å². The Morgan fingerprint density at radius 2 is 1.02 bits per heavy atom. The molecule has 4 heterocycles. The number of carbonyl (C=O) groups is 2. The Hall–Kier alpha value is -2.11. The van der Waals surface area contributed by atoms with Crippen LogP contribution in [-0.4, -0.2) is 117 Å². The highest BCUT2D eigenvalue weighted by Gasteiger charge is 2.54. The summed E-state index contributed by atoms with van der Waals surface area (Å²) < 4.78 is 64.0. The molecule has 0 spiro atoms. The molecular weight excluding hydrogens is 730 g/mol. The third-order valence-electron chi connectivity index (χ3n) is 12.8. The maximum atomic E-state index is 12.7. The first-order chi connectivity index (χ1) is 26.6. The van der Waals surface area contributed by atoms with Crippen LogP contribution in [0.2, 0.25) is 0 Å². The topological polar surface area (TPSA) is 195 Å². The van der Waals surface area contributed by atoms with Gasteiger partial charge in [0.1, 0.15) is 6.10 Å². The number of hydrogen-bond donors (Lipinski definition) is 1. The van der Waals surface area contributed by atoms with E-state index in [4.69, 9.17) is 52.9 Å². The first kappa shape index (κ1) is 46.6. The Balaban J connectivity index is 1.55. The van der Waals surface area contributed by atoms with Gasteiger partial charge in [0.05, 0.1) is 49.8 Å². The van der Waals surface area contributed by atoms with Gasteiger partial charge in [-0.05, 0) is 42.5 Å². The van der Waals surface area contributed by atoms with Crippen LogP contribution in [0.25, 0.3) is 10.4 Å². The summed E-state index contributed by atoms with van der Waals surface area (Å²) >= 11 is 0. The zero-order valence-corrected chi connectivity index (χ0v) is 35.5. The van der Waals surface area contributed by atoms with E-state index in [1.54, 1.807) is 0 Å². The summed E-state index contributed by atoms with van der Waals surface area (Å²) in [6.45, 7) is 23.2. The molecule has 4 fully saturated rings. The van der Waals surface area contributed by atoms with Crippen molar-refractivity contribution in [2.45, 2.75) is 182 Å². The van der Waals surface area contributed by atoms with Gasteiger partial charge in [0.15, 0.2) is 37.4 Å². The molecule has 0 aromatic rings. The van der Waals surface area contributed by atoms with Crippen molar-refractivity contribution in [1.82, 2.24) is 0 Å². The highest BCUT2D eigenvalue weighted by atomic mass is 16.8. The minimum Gasteiger partial charge on any atom is -0.457 e. The normalized spacial score (nSPS) is 44.4. The maximum Gasteiger partial charge on any atom is 0.303 e. The lowest BCUT2D eigenvalue weighted by Gasteiger charge is -2.51. The van der Waals surface area contributed by atoms with Crippen LogP contribution in [0.5, 0.6) is 0 Å². The number of rotatable bonds is 16. The van der Waals surface area contributed by atoms with Gasteiger partial charge in [-0.1, -0.05) is 74.4 Å². The van der Waals surface area contributed by atoms with E-state index in [9.17, 15) is 14.7 Å². The van der Waals surface area contributed by atoms with Crippen molar-refractivity contribution in [3.05, 3.63) is 10.4 Å². The van der Waals surface area contributed by atoms with Crippen LogP contribution in [0.15, 0.2) is 5.11 Å². The highest BCUT2D eigenvalue weighted by molar-refractivity contribution is 5.66. The molecule has 56 heavy (non-hydrogen) atoms. The van der Waals surface area contributed by atoms with Gasteiger partial charge >= 0.3 is 11.9 Å². The van der Waals surface area contributed by atoms with Gasteiger partial charge in [0, 0.05) is 49.0 Å². The van der Waals surface area contributed by atoms with Gasteiger partial charge in [0.25, 0.3) is 0 Å². The quantitative estimate of drug-likeness (QED) is 0.0637. The van der Waals surface area contributed by atoms with Gasteiger partial charge in [0.2, 0.25) is 0 Å². The Kier molecular flexibility index (Phi) is 17.7. The molecule has 0 radical (unpaired) electrons. The minimum absolute atomic E-state index is 0.00436. The molecule has 1 N–H and O–H groups in total. The molecule has 0 bridgehead atoms. The average Bonchev–Trinajstić information content (AvgIpc) is 3.16. The second kappa shape index (κ2) is 21.2. The predicted octanol–water partition coefficient (Wildman–Crippen LogP) is 5.91. The van der Waals surface area contributed by atoms with Gasteiger partial charge in [-0.25, -0.2) is 0 Å². The van der Waals surface area contributed by atoms with Gasteiger partial charge in [-0.15, -0.1) is 0 Å². The number of azide groups is 1. The smallest absolute Gasteiger partial charge is 0.303 e. The molecule has 16 nitrogen and oxygen atoms in total. The van der Waals surface area contributed by atoms with Gasteiger partial charge in [-0.2, -0.15) is 0 Å². The molecule has 4 aliphatic heterocycles. The van der Waals surface area contributed by atoms with E-state index in [1.165, 1.54) is 13.8 Å². The van der Waals surface area contributed by atoms with Crippen LogP contribution in [0.1, 0.15) is 102 Å². The lowest BCUT2D eigenvalue weighted by Crippen LogP contribution is -2.63. The summed E-state index contributed by atoms with van der Waals surface area (Å²) in [6.07, 6.45) is -6.04. The van der Waals surface area contributed by atoms with Gasteiger partial charge < -0.3 is 52.5 Å². The second-order valence-electron chi connectivity index (χ2n) is 16.4. The fourth-order valence-corrected chi connectivity index (χ4v) is 8.73. The molecule has 0 amide bonds. The van der Waals surface area contributed by atoms with Crippen molar-refractivity contribution in [3.63, 3.8) is 0 Å². The van der Waals surface area contributed by atoms with Crippen LogP contribution < -0.4 is 0 Å². The Labute approximate surface area is 332 Å². The van der Waals surface area contributed by atoms with E-state index in [1.807, 2.05) is 27.7 Å². The van der Waals surface area contributed by atoms with E-state index in [0.717, 1.165) is 6.42 Å².